The lowest BCUT2D eigenvalue weighted by molar-refractivity contribution is -0.389. The Morgan fingerprint density at radius 3 is 3.00 bits per heavy atom. The van der Waals surface area contributed by atoms with E-state index in [1.54, 1.807) is 11.3 Å². The maximum Gasteiger partial charge on any atom is 0.408 e. The van der Waals surface area contributed by atoms with Gasteiger partial charge in [-0.3, -0.25) is 0 Å². The summed E-state index contributed by atoms with van der Waals surface area (Å²) >= 11 is 7.23. The molecule has 0 saturated carbocycles. The molecule has 0 amide bonds. The molecule has 0 spiro atoms. The average Bonchev–Trinajstić information content (AvgIpc) is 2.75. The SMILES string of the molecule is O=[N+]([O-])c1nn(Cc2ccsc2)cc1Cl. The van der Waals surface area contributed by atoms with Crippen molar-refractivity contribution in [3.63, 3.8) is 0 Å². The first-order valence-electron chi connectivity index (χ1n) is 4.05. The molecule has 5 nitrogen and oxygen atoms in total. The van der Waals surface area contributed by atoms with Crippen LogP contribution >= 0.6 is 22.9 Å². The summed E-state index contributed by atoms with van der Waals surface area (Å²) in [6.45, 7) is 0.497. The van der Waals surface area contributed by atoms with Gasteiger partial charge in [-0.2, -0.15) is 16.0 Å². The van der Waals surface area contributed by atoms with E-state index in [0.29, 0.717) is 6.54 Å². The van der Waals surface area contributed by atoms with E-state index < -0.39 is 4.92 Å². The Hall–Kier alpha value is -1.40. The van der Waals surface area contributed by atoms with Crippen LogP contribution in [0, 0.1) is 10.1 Å². The molecule has 0 radical (unpaired) electrons. The Balaban J connectivity index is 2.23. The molecule has 0 aromatic carbocycles. The van der Waals surface area contributed by atoms with E-state index >= 15 is 0 Å². The van der Waals surface area contributed by atoms with Gasteiger partial charge >= 0.3 is 5.82 Å². The number of hydrogen-bond donors (Lipinski definition) is 0. The maximum atomic E-state index is 10.5. The maximum absolute atomic E-state index is 10.5. The van der Waals surface area contributed by atoms with Crippen LogP contribution in [0.25, 0.3) is 0 Å². The zero-order valence-electron chi connectivity index (χ0n) is 7.46. The largest absolute Gasteiger partial charge is 0.408 e. The molecule has 2 aromatic heterocycles. The Labute approximate surface area is 94.1 Å². The highest BCUT2D eigenvalue weighted by atomic mass is 35.5. The van der Waals surface area contributed by atoms with Gasteiger partial charge in [0.05, 0.1) is 17.8 Å². The second-order valence-corrected chi connectivity index (χ2v) is 4.07. The number of rotatable bonds is 3. The van der Waals surface area contributed by atoms with Crippen molar-refractivity contribution in [2.75, 3.05) is 0 Å². The Bertz CT molecular complexity index is 480. The molecule has 2 rings (SSSR count). The van der Waals surface area contributed by atoms with E-state index in [9.17, 15) is 10.1 Å². The topological polar surface area (TPSA) is 61.0 Å². The van der Waals surface area contributed by atoms with Crippen LogP contribution < -0.4 is 0 Å². The lowest BCUT2D eigenvalue weighted by atomic mass is 10.3. The molecule has 0 atom stereocenters. The molecule has 7 heteroatoms. The fourth-order valence-corrected chi connectivity index (χ4v) is 2.04. The van der Waals surface area contributed by atoms with Crippen molar-refractivity contribution in [3.05, 3.63) is 43.7 Å². The highest BCUT2D eigenvalue weighted by molar-refractivity contribution is 7.07. The van der Waals surface area contributed by atoms with Gasteiger partial charge in [0, 0.05) is 0 Å². The second kappa shape index (κ2) is 4.00. The molecule has 78 valence electrons. The summed E-state index contributed by atoms with van der Waals surface area (Å²) in [7, 11) is 0. The highest BCUT2D eigenvalue weighted by Gasteiger charge is 2.18. The van der Waals surface area contributed by atoms with Crippen LogP contribution in [0.3, 0.4) is 0 Å². The molecule has 0 bridgehead atoms. The molecule has 15 heavy (non-hydrogen) atoms. The molecule has 2 aromatic rings. The molecule has 0 N–H and O–H groups in total. The van der Waals surface area contributed by atoms with Crippen LogP contribution in [0.1, 0.15) is 5.56 Å². The third-order valence-corrected chi connectivity index (χ3v) is 2.80. The predicted molar refractivity (Wildman–Crippen MR) is 57.3 cm³/mol. The van der Waals surface area contributed by atoms with E-state index in [0.717, 1.165) is 5.56 Å². The van der Waals surface area contributed by atoms with Crippen LogP contribution in [0.5, 0.6) is 0 Å². The Kier molecular flexibility index (Phi) is 2.70. The fourth-order valence-electron chi connectivity index (χ4n) is 1.16. The number of aromatic nitrogens is 2. The van der Waals surface area contributed by atoms with E-state index in [1.165, 1.54) is 10.9 Å². The molecule has 0 aliphatic heterocycles. The van der Waals surface area contributed by atoms with E-state index in [2.05, 4.69) is 5.10 Å². The number of nitro groups is 1. The summed E-state index contributed by atoms with van der Waals surface area (Å²) in [6, 6.07) is 1.94. The standard InChI is InChI=1S/C8H6ClN3O2S/c9-7-4-11(10-8(7)12(13)14)3-6-1-2-15-5-6/h1-2,4-5H,3H2. The quantitative estimate of drug-likeness (QED) is 0.615. The van der Waals surface area contributed by atoms with Crippen molar-refractivity contribution < 1.29 is 4.92 Å². The molecule has 0 aliphatic carbocycles. The van der Waals surface area contributed by atoms with Gasteiger partial charge in [-0.1, -0.05) is 11.6 Å². The smallest absolute Gasteiger partial charge is 0.358 e. The molecule has 0 aliphatic rings. The zero-order chi connectivity index (χ0) is 10.8. The van der Waals surface area contributed by atoms with Crippen LogP contribution in [-0.2, 0) is 6.54 Å². The Morgan fingerprint density at radius 2 is 2.47 bits per heavy atom. The van der Waals surface area contributed by atoms with Crippen molar-refractivity contribution in [2.45, 2.75) is 6.54 Å². The predicted octanol–water partition coefficient (Wildman–Crippen LogP) is 2.55. The van der Waals surface area contributed by atoms with Crippen LogP contribution in [0.2, 0.25) is 5.02 Å². The summed E-state index contributed by atoms with van der Waals surface area (Å²) in [4.78, 5) is 9.89. The van der Waals surface area contributed by atoms with E-state index in [4.69, 9.17) is 11.6 Å². The summed E-state index contributed by atoms with van der Waals surface area (Å²) in [5.41, 5.74) is 1.05. The fraction of sp³-hybridized carbons (Fsp3) is 0.125. The van der Waals surface area contributed by atoms with Crippen LogP contribution in [0.15, 0.2) is 23.0 Å². The monoisotopic (exact) mass is 243 g/mol. The van der Waals surface area contributed by atoms with Gasteiger partial charge in [0.15, 0.2) is 5.02 Å². The number of hydrogen-bond acceptors (Lipinski definition) is 4. The lowest BCUT2D eigenvalue weighted by Gasteiger charge is -1.91. The van der Waals surface area contributed by atoms with E-state index in [1.807, 2.05) is 16.8 Å². The van der Waals surface area contributed by atoms with E-state index in [-0.39, 0.29) is 10.8 Å². The summed E-state index contributed by atoms with van der Waals surface area (Å²) in [5, 5.41) is 18.2. The molecule has 0 saturated heterocycles. The van der Waals surface area contributed by atoms with Gasteiger partial charge in [0.25, 0.3) is 0 Å². The van der Waals surface area contributed by atoms with Crippen molar-refractivity contribution >= 4 is 28.8 Å². The third-order valence-electron chi connectivity index (χ3n) is 1.80. The molecule has 2 heterocycles. The average molecular weight is 244 g/mol. The molecular weight excluding hydrogens is 238 g/mol. The van der Waals surface area contributed by atoms with Crippen LogP contribution in [0.4, 0.5) is 5.82 Å². The first kappa shape index (κ1) is 10.1. The second-order valence-electron chi connectivity index (χ2n) is 2.89. The molecule has 0 unspecified atom stereocenters. The van der Waals surface area contributed by atoms with Gasteiger partial charge < -0.3 is 10.1 Å². The van der Waals surface area contributed by atoms with Crippen molar-refractivity contribution in [1.29, 1.82) is 0 Å². The Morgan fingerprint density at radius 1 is 1.67 bits per heavy atom. The minimum atomic E-state index is -0.591. The number of thiophene rings is 1. The molecular formula is C8H6ClN3O2S. The van der Waals surface area contributed by atoms with Crippen LogP contribution in [-0.4, -0.2) is 14.7 Å². The third kappa shape index (κ3) is 2.16. The minimum absolute atomic E-state index is 0.0650. The first-order chi connectivity index (χ1) is 7.16. The summed E-state index contributed by atoms with van der Waals surface area (Å²) in [6.07, 6.45) is 1.46. The van der Waals surface area contributed by atoms with Crippen molar-refractivity contribution in [2.24, 2.45) is 0 Å². The van der Waals surface area contributed by atoms with Gasteiger partial charge in [-0.05, 0) is 27.3 Å². The summed E-state index contributed by atoms with van der Waals surface area (Å²) in [5.74, 6) is -0.299. The van der Waals surface area contributed by atoms with Gasteiger partial charge in [-0.15, -0.1) is 0 Å². The zero-order valence-corrected chi connectivity index (χ0v) is 9.03. The molecule has 0 fully saturated rings. The normalized spacial score (nSPS) is 10.5. The van der Waals surface area contributed by atoms with Gasteiger partial charge in [0.1, 0.15) is 0 Å². The van der Waals surface area contributed by atoms with Crippen molar-refractivity contribution in [3.8, 4) is 0 Å². The van der Waals surface area contributed by atoms with Gasteiger partial charge in [-0.25, -0.2) is 0 Å². The number of halogens is 1. The minimum Gasteiger partial charge on any atom is -0.358 e. The first-order valence-corrected chi connectivity index (χ1v) is 5.37. The summed E-state index contributed by atoms with van der Waals surface area (Å²) < 4.78 is 1.46. The highest BCUT2D eigenvalue weighted by Crippen LogP contribution is 2.22. The van der Waals surface area contributed by atoms with Gasteiger partial charge in [0.2, 0.25) is 0 Å². The lowest BCUT2D eigenvalue weighted by Crippen LogP contribution is -1.99. The number of nitrogens with zero attached hydrogens (tertiary/aromatic N) is 3. The van der Waals surface area contributed by atoms with Crippen molar-refractivity contribution in [1.82, 2.24) is 9.78 Å².